The predicted octanol–water partition coefficient (Wildman–Crippen LogP) is 4.48. The molecule has 0 radical (unpaired) electrons. The van der Waals surface area contributed by atoms with Crippen LogP contribution in [0.5, 0.6) is 0 Å². The van der Waals surface area contributed by atoms with E-state index in [1.54, 1.807) is 11.3 Å². The number of rotatable bonds is 6. The van der Waals surface area contributed by atoms with Gasteiger partial charge in [-0.05, 0) is 38.3 Å². The van der Waals surface area contributed by atoms with Crippen molar-refractivity contribution in [3.8, 4) is 10.4 Å². The van der Waals surface area contributed by atoms with Gasteiger partial charge in [-0.15, -0.1) is 17.9 Å². The Kier molecular flexibility index (Phi) is 5.67. The lowest BCUT2D eigenvalue weighted by atomic mass is 10.0. The quantitative estimate of drug-likeness (QED) is 0.791. The molecule has 0 aliphatic rings. The fourth-order valence-electron chi connectivity index (χ4n) is 1.96. The summed E-state index contributed by atoms with van der Waals surface area (Å²) >= 11 is 1.62. The molecule has 2 atom stereocenters. The Balaban J connectivity index is 2.18. The van der Waals surface area contributed by atoms with Gasteiger partial charge in [-0.1, -0.05) is 30.3 Å². The summed E-state index contributed by atoms with van der Waals surface area (Å²) in [6, 6.07) is 8.33. The van der Waals surface area contributed by atoms with E-state index in [0.717, 1.165) is 22.4 Å². The van der Waals surface area contributed by atoms with Gasteiger partial charge in [0.1, 0.15) is 0 Å². The summed E-state index contributed by atoms with van der Waals surface area (Å²) in [5.74, 6) is 0. The van der Waals surface area contributed by atoms with Gasteiger partial charge in [-0.2, -0.15) is 0 Å². The maximum atomic E-state index is 12.3. The van der Waals surface area contributed by atoms with Crippen LogP contribution in [0.4, 0.5) is 0 Å². The lowest BCUT2D eigenvalue weighted by Crippen LogP contribution is -2.35. The van der Waals surface area contributed by atoms with Crippen LogP contribution in [-0.4, -0.2) is 13.9 Å². The minimum atomic E-state index is -1.11. The second kappa shape index (κ2) is 7.31. The first-order valence-electron chi connectivity index (χ1n) is 7.19. The van der Waals surface area contributed by atoms with Crippen molar-refractivity contribution in [1.29, 1.82) is 0 Å². The van der Waals surface area contributed by atoms with E-state index in [1.807, 2.05) is 38.6 Å². The van der Waals surface area contributed by atoms with Crippen molar-refractivity contribution in [1.82, 2.24) is 9.71 Å². The fourth-order valence-corrected chi connectivity index (χ4v) is 3.44. The zero-order chi connectivity index (χ0) is 16.2. The smallest absolute Gasteiger partial charge is 0.0976 e. The third-order valence-corrected chi connectivity index (χ3v) is 5.67. The Morgan fingerprint density at radius 3 is 2.55 bits per heavy atom. The first-order chi connectivity index (χ1) is 10.4. The molecule has 0 saturated heterocycles. The maximum Gasteiger partial charge on any atom is 0.0976 e. The standard InChI is InChI=1S/C17H22N2OS2/c1-5-6-15(19-22(20)17(2,3)4)13-7-9-14(10-8-13)16-11-18-12-21-16/h5,7-12,15,19H,1,6H2,2-4H3/t15-,22+/m0/s1. The number of nitrogens with zero attached hydrogens (tertiary/aromatic N) is 1. The molecule has 0 fully saturated rings. The highest BCUT2D eigenvalue weighted by Gasteiger charge is 2.23. The molecule has 0 amide bonds. The number of benzene rings is 1. The molecule has 0 saturated carbocycles. The van der Waals surface area contributed by atoms with Crippen molar-refractivity contribution in [3.05, 3.63) is 54.2 Å². The molecule has 0 bridgehead atoms. The molecule has 0 aliphatic heterocycles. The van der Waals surface area contributed by atoms with Gasteiger partial charge in [-0.3, -0.25) is 4.98 Å². The van der Waals surface area contributed by atoms with Gasteiger partial charge in [0.25, 0.3) is 0 Å². The molecule has 0 spiro atoms. The van der Waals surface area contributed by atoms with E-state index in [9.17, 15) is 4.21 Å². The minimum Gasteiger partial charge on any atom is -0.252 e. The van der Waals surface area contributed by atoms with Gasteiger partial charge in [0.15, 0.2) is 0 Å². The number of hydrogen-bond donors (Lipinski definition) is 1. The summed E-state index contributed by atoms with van der Waals surface area (Å²) in [6.07, 6.45) is 4.46. The van der Waals surface area contributed by atoms with Crippen LogP contribution in [-0.2, 0) is 11.0 Å². The van der Waals surface area contributed by atoms with E-state index in [-0.39, 0.29) is 10.8 Å². The molecule has 5 heteroatoms. The van der Waals surface area contributed by atoms with E-state index in [2.05, 4.69) is 40.6 Å². The number of nitrogens with one attached hydrogen (secondary N) is 1. The van der Waals surface area contributed by atoms with Crippen LogP contribution in [0.15, 0.2) is 48.6 Å². The van der Waals surface area contributed by atoms with Crippen molar-refractivity contribution in [2.45, 2.75) is 38.0 Å². The normalized spacial score (nSPS) is 14.5. The molecule has 2 rings (SSSR count). The lowest BCUT2D eigenvalue weighted by Gasteiger charge is -2.24. The first kappa shape index (κ1) is 17.1. The van der Waals surface area contributed by atoms with Gasteiger partial charge in [0, 0.05) is 12.2 Å². The molecule has 1 N–H and O–H groups in total. The predicted molar refractivity (Wildman–Crippen MR) is 96.1 cm³/mol. The van der Waals surface area contributed by atoms with Crippen LogP contribution in [0.1, 0.15) is 38.8 Å². The molecule has 22 heavy (non-hydrogen) atoms. The highest BCUT2D eigenvalue weighted by atomic mass is 32.2. The topological polar surface area (TPSA) is 42.0 Å². The van der Waals surface area contributed by atoms with Crippen LogP contribution >= 0.6 is 11.3 Å². The van der Waals surface area contributed by atoms with Crippen LogP contribution in [0.25, 0.3) is 10.4 Å². The molecule has 2 aromatic rings. The van der Waals surface area contributed by atoms with Crippen molar-refractivity contribution in [3.63, 3.8) is 0 Å². The second-order valence-corrected chi connectivity index (χ2v) is 8.95. The van der Waals surface area contributed by atoms with Crippen LogP contribution < -0.4 is 4.72 Å². The van der Waals surface area contributed by atoms with E-state index in [1.165, 1.54) is 0 Å². The lowest BCUT2D eigenvalue weighted by molar-refractivity contribution is 0.602. The summed E-state index contributed by atoms with van der Waals surface area (Å²) in [7, 11) is -1.11. The SMILES string of the molecule is C=CC[C@H](N[S@](=O)C(C)(C)C)c1ccc(-c2cncs2)cc1. The van der Waals surface area contributed by atoms with Crippen molar-refractivity contribution >= 4 is 22.3 Å². The fraction of sp³-hybridized carbons (Fsp3) is 0.353. The van der Waals surface area contributed by atoms with Gasteiger partial charge >= 0.3 is 0 Å². The summed E-state index contributed by atoms with van der Waals surface area (Å²) in [4.78, 5) is 5.26. The highest BCUT2D eigenvalue weighted by molar-refractivity contribution is 7.84. The zero-order valence-electron chi connectivity index (χ0n) is 13.2. The van der Waals surface area contributed by atoms with Gasteiger partial charge in [0.05, 0.1) is 26.1 Å². The Bertz CT molecular complexity index is 628. The number of aromatic nitrogens is 1. The third kappa shape index (κ3) is 4.35. The molecule has 0 aliphatic carbocycles. The third-order valence-electron chi connectivity index (χ3n) is 3.24. The average Bonchev–Trinajstić information content (AvgIpc) is 3.00. The second-order valence-electron chi connectivity index (χ2n) is 6.06. The molecule has 3 nitrogen and oxygen atoms in total. The van der Waals surface area contributed by atoms with Crippen LogP contribution in [0.2, 0.25) is 0 Å². The summed E-state index contributed by atoms with van der Waals surface area (Å²) < 4.78 is 15.3. The zero-order valence-corrected chi connectivity index (χ0v) is 14.8. The molecule has 1 aromatic carbocycles. The molecule has 1 heterocycles. The van der Waals surface area contributed by atoms with E-state index in [4.69, 9.17) is 0 Å². The van der Waals surface area contributed by atoms with Crippen molar-refractivity contribution in [2.75, 3.05) is 0 Å². The molecular weight excluding hydrogens is 312 g/mol. The van der Waals surface area contributed by atoms with E-state index >= 15 is 0 Å². The summed E-state index contributed by atoms with van der Waals surface area (Å²) in [6.45, 7) is 9.71. The van der Waals surface area contributed by atoms with E-state index < -0.39 is 11.0 Å². The summed E-state index contributed by atoms with van der Waals surface area (Å²) in [5.41, 5.74) is 4.10. The highest BCUT2D eigenvalue weighted by Crippen LogP contribution is 2.26. The minimum absolute atomic E-state index is 0.00747. The Morgan fingerprint density at radius 1 is 1.36 bits per heavy atom. The Hall–Kier alpha value is -1.30. The van der Waals surface area contributed by atoms with Gasteiger partial charge in [-0.25, -0.2) is 8.93 Å². The maximum absolute atomic E-state index is 12.3. The van der Waals surface area contributed by atoms with E-state index in [0.29, 0.717) is 0 Å². The van der Waals surface area contributed by atoms with Crippen LogP contribution in [0.3, 0.4) is 0 Å². The Morgan fingerprint density at radius 2 is 2.05 bits per heavy atom. The Labute approximate surface area is 139 Å². The summed E-state index contributed by atoms with van der Waals surface area (Å²) in [5, 5.41) is 0. The molecule has 0 unspecified atom stereocenters. The first-order valence-corrected chi connectivity index (χ1v) is 9.22. The van der Waals surface area contributed by atoms with Crippen LogP contribution in [0, 0.1) is 0 Å². The van der Waals surface area contributed by atoms with Crippen molar-refractivity contribution < 1.29 is 4.21 Å². The molecule has 1 aromatic heterocycles. The number of hydrogen-bond acceptors (Lipinski definition) is 3. The molecule has 118 valence electrons. The average molecular weight is 335 g/mol. The largest absolute Gasteiger partial charge is 0.252 e. The number of thiazole rings is 1. The van der Waals surface area contributed by atoms with Gasteiger partial charge in [0.2, 0.25) is 0 Å². The van der Waals surface area contributed by atoms with Crippen molar-refractivity contribution in [2.24, 2.45) is 0 Å². The monoisotopic (exact) mass is 334 g/mol. The van der Waals surface area contributed by atoms with Gasteiger partial charge < -0.3 is 0 Å². The molecular formula is C17H22N2OS2.